The maximum absolute atomic E-state index is 11.5. The number of benzene rings is 2. The van der Waals surface area contributed by atoms with Crippen molar-refractivity contribution in [3.05, 3.63) is 51.5 Å². The third kappa shape index (κ3) is 2.50. The predicted molar refractivity (Wildman–Crippen MR) is 91.7 cm³/mol. The summed E-state index contributed by atoms with van der Waals surface area (Å²) in [6.45, 7) is 1.49. The van der Waals surface area contributed by atoms with Gasteiger partial charge in [-0.2, -0.15) is 0 Å². The SMILES string of the molecule is CC(=O)Nc1cc(Cl)cc2c1-c1ccc(Cl)cc1[C@@H]2N(C)C. The summed E-state index contributed by atoms with van der Waals surface area (Å²) in [5, 5.41) is 4.19. The van der Waals surface area contributed by atoms with Crippen molar-refractivity contribution in [2.75, 3.05) is 19.4 Å². The molecule has 0 spiro atoms. The maximum atomic E-state index is 11.5. The highest BCUT2D eigenvalue weighted by Gasteiger charge is 2.32. The fourth-order valence-electron chi connectivity index (χ4n) is 3.14. The van der Waals surface area contributed by atoms with E-state index in [1.165, 1.54) is 6.92 Å². The maximum Gasteiger partial charge on any atom is 0.221 e. The number of nitrogens with one attached hydrogen (secondary N) is 1. The quantitative estimate of drug-likeness (QED) is 0.871. The lowest BCUT2D eigenvalue weighted by Crippen LogP contribution is -2.19. The fourth-order valence-corrected chi connectivity index (χ4v) is 3.55. The van der Waals surface area contributed by atoms with Crippen LogP contribution in [0.2, 0.25) is 10.0 Å². The van der Waals surface area contributed by atoms with Crippen molar-refractivity contribution in [3.8, 4) is 11.1 Å². The van der Waals surface area contributed by atoms with E-state index >= 15 is 0 Å². The van der Waals surface area contributed by atoms with Gasteiger partial charge in [-0.05, 0) is 55.1 Å². The minimum atomic E-state index is -0.117. The average molecular weight is 335 g/mol. The van der Waals surface area contributed by atoms with Gasteiger partial charge in [0, 0.05) is 22.5 Å². The second kappa shape index (κ2) is 5.58. The Kier molecular flexibility index (Phi) is 3.89. The number of fused-ring (bicyclic) bond motifs is 3. The van der Waals surface area contributed by atoms with Crippen LogP contribution in [-0.2, 0) is 4.79 Å². The number of nitrogens with zero attached hydrogens (tertiary/aromatic N) is 1. The molecule has 5 heteroatoms. The summed E-state index contributed by atoms with van der Waals surface area (Å²) in [7, 11) is 4.03. The minimum Gasteiger partial charge on any atom is -0.326 e. The van der Waals surface area contributed by atoms with Crippen LogP contribution in [-0.4, -0.2) is 24.9 Å². The topological polar surface area (TPSA) is 32.3 Å². The number of hydrogen-bond acceptors (Lipinski definition) is 2. The zero-order valence-electron chi connectivity index (χ0n) is 12.6. The Morgan fingerprint density at radius 2 is 1.77 bits per heavy atom. The van der Waals surface area contributed by atoms with Gasteiger partial charge in [-0.3, -0.25) is 9.69 Å². The molecule has 0 bridgehead atoms. The van der Waals surface area contributed by atoms with Gasteiger partial charge < -0.3 is 5.32 Å². The normalized spacial score (nSPS) is 15.6. The first-order valence-corrected chi connectivity index (χ1v) is 7.71. The smallest absolute Gasteiger partial charge is 0.221 e. The Morgan fingerprint density at radius 1 is 1.09 bits per heavy atom. The molecule has 1 N–H and O–H groups in total. The molecule has 3 nitrogen and oxygen atoms in total. The molecular weight excluding hydrogens is 319 g/mol. The first-order valence-electron chi connectivity index (χ1n) is 6.95. The molecule has 0 saturated heterocycles. The summed E-state index contributed by atoms with van der Waals surface area (Å²) in [6, 6.07) is 9.66. The number of carbonyl (C=O) groups excluding carboxylic acids is 1. The summed E-state index contributed by atoms with van der Waals surface area (Å²) in [5.41, 5.74) is 5.05. The Labute approximate surface area is 139 Å². The Bertz CT molecular complexity index is 771. The molecule has 1 atom stereocenters. The first-order chi connectivity index (χ1) is 10.4. The van der Waals surface area contributed by atoms with Gasteiger partial charge in [0.15, 0.2) is 0 Å². The zero-order valence-corrected chi connectivity index (χ0v) is 14.1. The molecule has 0 saturated carbocycles. The lowest BCUT2D eigenvalue weighted by molar-refractivity contribution is -0.114. The highest BCUT2D eigenvalue weighted by molar-refractivity contribution is 6.31. The molecule has 22 heavy (non-hydrogen) atoms. The molecule has 0 fully saturated rings. The van der Waals surface area contributed by atoms with Crippen LogP contribution < -0.4 is 5.32 Å². The van der Waals surface area contributed by atoms with Crippen molar-refractivity contribution < 1.29 is 4.79 Å². The van der Waals surface area contributed by atoms with E-state index in [9.17, 15) is 4.79 Å². The second-order valence-electron chi connectivity index (χ2n) is 5.70. The predicted octanol–water partition coefficient (Wildman–Crippen LogP) is 4.58. The number of amides is 1. The number of halogens is 2. The third-order valence-electron chi connectivity index (χ3n) is 3.83. The van der Waals surface area contributed by atoms with Crippen LogP contribution in [0.15, 0.2) is 30.3 Å². The molecule has 0 heterocycles. The van der Waals surface area contributed by atoms with Gasteiger partial charge in [-0.25, -0.2) is 0 Å². The van der Waals surface area contributed by atoms with Crippen LogP contribution in [0.1, 0.15) is 24.1 Å². The summed E-state index contributed by atoms with van der Waals surface area (Å²) >= 11 is 12.4. The van der Waals surface area contributed by atoms with Gasteiger partial charge in [0.25, 0.3) is 0 Å². The largest absolute Gasteiger partial charge is 0.326 e. The van der Waals surface area contributed by atoms with E-state index < -0.39 is 0 Å². The lowest BCUT2D eigenvalue weighted by atomic mass is 10.0. The number of carbonyl (C=O) groups is 1. The van der Waals surface area contributed by atoms with Gasteiger partial charge >= 0.3 is 0 Å². The molecule has 1 amide bonds. The van der Waals surface area contributed by atoms with Crippen LogP contribution in [0.25, 0.3) is 11.1 Å². The molecule has 0 aromatic heterocycles. The van der Waals surface area contributed by atoms with Crippen molar-refractivity contribution in [3.63, 3.8) is 0 Å². The highest BCUT2D eigenvalue weighted by Crippen LogP contribution is 2.50. The van der Waals surface area contributed by atoms with Gasteiger partial charge in [0.2, 0.25) is 5.91 Å². The molecule has 114 valence electrons. The minimum absolute atomic E-state index is 0.0647. The van der Waals surface area contributed by atoms with Crippen molar-refractivity contribution in [2.24, 2.45) is 0 Å². The average Bonchev–Trinajstić information content (AvgIpc) is 2.70. The molecule has 3 rings (SSSR count). The number of hydrogen-bond donors (Lipinski definition) is 1. The van der Waals surface area contributed by atoms with E-state index in [1.807, 2.05) is 38.4 Å². The van der Waals surface area contributed by atoms with Crippen LogP contribution in [0, 0.1) is 0 Å². The van der Waals surface area contributed by atoms with Gasteiger partial charge in [-0.15, -0.1) is 0 Å². The van der Waals surface area contributed by atoms with Crippen LogP contribution >= 0.6 is 23.2 Å². The Balaban J connectivity index is 2.31. The van der Waals surface area contributed by atoms with Crippen LogP contribution in [0.4, 0.5) is 5.69 Å². The summed E-state index contributed by atoms with van der Waals surface area (Å²) < 4.78 is 0. The molecule has 1 aliphatic rings. The van der Waals surface area contributed by atoms with Gasteiger partial charge in [-0.1, -0.05) is 29.3 Å². The van der Waals surface area contributed by atoms with Gasteiger partial charge in [0.05, 0.1) is 11.7 Å². The Hall–Kier alpha value is -1.55. The molecule has 0 unspecified atom stereocenters. The van der Waals surface area contributed by atoms with Crippen molar-refractivity contribution in [2.45, 2.75) is 13.0 Å². The number of anilines is 1. The standard InChI is InChI=1S/C17H16Cl2N2O/c1-9(22)20-15-8-11(19)7-14-16(15)12-5-4-10(18)6-13(12)17(14)21(2)3/h4-8,17H,1-3H3,(H,20,22)/t17-/m0/s1. The molecule has 2 aromatic rings. The van der Waals surface area contributed by atoms with Crippen molar-refractivity contribution >= 4 is 34.8 Å². The van der Waals surface area contributed by atoms with Crippen LogP contribution in [0.3, 0.4) is 0 Å². The summed E-state index contributed by atoms with van der Waals surface area (Å²) in [4.78, 5) is 13.6. The van der Waals surface area contributed by atoms with E-state index in [0.29, 0.717) is 10.0 Å². The molecular formula is C17H16Cl2N2O. The van der Waals surface area contributed by atoms with Crippen LogP contribution in [0.5, 0.6) is 0 Å². The summed E-state index contributed by atoms with van der Waals surface area (Å²) in [5.74, 6) is -0.117. The molecule has 0 radical (unpaired) electrons. The van der Waals surface area contributed by atoms with Gasteiger partial charge in [0.1, 0.15) is 0 Å². The van der Waals surface area contributed by atoms with Crippen molar-refractivity contribution in [1.29, 1.82) is 0 Å². The van der Waals surface area contributed by atoms with E-state index in [2.05, 4.69) is 10.2 Å². The molecule has 0 aliphatic heterocycles. The lowest BCUT2D eigenvalue weighted by Gasteiger charge is -2.22. The van der Waals surface area contributed by atoms with E-state index in [1.54, 1.807) is 6.07 Å². The van der Waals surface area contributed by atoms with Crippen molar-refractivity contribution in [1.82, 2.24) is 4.90 Å². The second-order valence-corrected chi connectivity index (χ2v) is 6.57. The Morgan fingerprint density at radius 3 is 2.41 bits per heavy atom. The fraction of sp³-hybridized carbons (Fsp3) is 0.235. The molecule has 1 aliphatic carbocycles. The van der Waals surface area contributed by atoms with E-state index in [0.717, 1.165) is 27.9 Å². The monoisotopic (exact) mass is 334 g/mol. The first kappa shape index (κ1) is 15.3. The number of rotatable bonds is 2. The third-order valence-corrected chi connectivity index (χ3v) is 4.29. The van der Waals surface area contributed by atoms with E-state index in [-0.39, 0.29) is 11.9 Å². The highest BCUT2D eigenvalue weighted by atomic mass is 35.5. The summed E-state index contributed by atoms with van der Waals surface area (Å²) in [6.07, 6.45) is 0. The zero-order chi connectivity index (χ0) is 16.0. The molecule has 2 aromatic carbocycles. The van der Waals surface area contributed by atoms with E-state index in [4.69, 9.17) is 23.2 Å².